The zero-order valence-electron chi connectivity index (χ0n) is 15.3. The lowest BCUT2D eigenvalue weighted by molar-refractivity contribution is -0.139. The van der Waals surface area contributed by atoms with Crippen molar-refractivity contribution >= 4 is 41.2 Å². The number of amides is 2. The summed E-state index contributed by atoms with van der Waals surface area (Å²) < 4.78 is 11.2. The minimum absolute atomic E-state index is 0.212. The molecule has 0 aliphatic rings. The summed E-state index contributed by atoms with van der Waals surface area (Å²) in [5.41, 5.74) is 3.52. The largest absolute Gasteiger partial charge is 0.493 e. The molecule has 0 saturated carbocycles. The predicted octanol–water partition coefficient (Wildman–Crippen LogP) is 3.17. The highest BCUT2D eigenvalue weighted by Crippen LogP contribution is 2.31. The van der Waals surface area contributed by atoms with Gasteiger partial charge < -0.3 is 14.8 Å². The molecule has 2 aromatic carbocycles. The van der Waals surface area contributed by atoms with E-state index in [9.17, 15) is 9.59 Å². The summed E-state index contributed by atoms with van der Waals surface area (Å²) in [4.78, 5) is 23.0. The van der Waals surface area contributed by atoms with Gasteiger partial charge in [-0.15, -0.1) is 0 Å². The number of rotatable bonds is 7. The molecular weight excluding hydrogens is 405 g/mol. The van der Waals surface area contributed by atoms with Crippen LogP contribution in [0.3, 0.4) is 0 Å². The van der Waals surface area contributed by atoms with Crippen molar-refractivity contribution in [1.82, 2.24) is 10.7 Å². The quantitative estimate of drug-likeness (QED) is 0.406. The van der Waals surface area contributed by atoms with Gasteiger partial charge in [-0.2, -0.15) is 5.10 Å². The molecule has 0 aliphatic carbocycles. The SMILES string of the molecule is CCNC(=O)C(=O)N/N=C\c1cccc(OC)c1OCc1ccc(Cl)c(Cl)c1. The van der Waals surface area contributed by atoms with Gasteiger partial charge in [0.2, 0.25) is 0 Å². The van der Waals surface area contributed by atoms with Crippen LogP contribution in [0.4, 0.5) is 0 Å². The highest BCUT2D eigenvalue weighted by atomic mass is 35.5. The number of halogens is 2. The van der Waals surface area contributed by atoms with E-state index in [1.54, 1.807) is 43.3 Å². The van der Waals surface area contributed by atoms with Gasteiger partial charge in [0.25, 0.3) is 0 Å². The zero-order valence-corrected chi connectivity index (χ0v) is 16.8. The molecule has 9 heteroatoms. The first kappa shape index (κ1) is 21.5. The summed E-state index contributed by atoms with van der Waals surface area (Å²) >= 11 is 11.9. The molecule has 0 saturated heterocycles. The highest BCUT2D eigenvalue weighted by Gasteiger charge is 2.12. The lowest BCUT2D eigenvalue weighted by atomic mass is 10.2. The van der Waals surface area contributed by atoms with Crippen molar-refractivity contribution < 1.29 is 19.1 Å². The van der Waals surface area contributed by atoms with Crippen LogP contribution in [-0.4, -0.2) is 31.7 Å². The van der Waals surface area contributed by atoms with Crippen LogP contribution in [0.2, 0.25) is 10.0 Å². The van der Waals surface area contributed by atoms with Gasteiger partial charge in [-0.3, -0.25) is 9.59 Å². The molecule has 2 rings (SSSR count). The number of carbonyl (C=O) groups is 2. The molecule has 0 heterocycles. The minimum atomic E-state index is -0.862. The van der Waals surface area contributed by atoms with Crippen molar-refractivity contribution in [3.05, 3.63) is 57.6 Å². The first-order chi connectivity index (χ1) is 13.5. The number of nitrogens with one attached hydrogen (secondary N) is 2. The number of ether oxygens (including phenoxy) is 2. The number of benzene rings is 2. The van der Waals surface area contributed by atoms with Crippen LogP contribution in [0.1, 0.15) is 18.1 Å². The van der Waals surface area contributed by atoms with Crippen molar-refractivity contribution in [1.29, 1.82) is 0 Å². The van der Waals surface area contributed by atoms with Gasteiger partial charge in [0.05, 0.1) is 23.4 Å². The Morgan fingerprint density at radius 3 is 2.61 bits per heavy atom. The second-order valence-corrected chi connectivity index (χ2v) is 6.29. The molecule has 148 valence electrons. The van der Waals surface area contributed by atoms with E-state index in [1.807, 2.05) is 0 Å². The Labute approximate surface area is 172 Å². The average molecular weight is 424 g/mol. The summed E-state index contributed by atoms with van der Waals surface area (Å²) in [5, 5.41) is 7.07. The fraction of sp³-hybridized carbons (Fsp3) is 0.211. The minimum Gasteiger partial charge on any atom is -0.493 e. The third kappa shape index (κ3) is 5.87. The van der Waals surface area contributed by atoms with E-state index in [-0.39, 0.29) is 6.61 Å². The smallest absolute Gasteiger partial charge is 0.329 e. The van der Waals surface area contributed by atoms with Gasteiger partial charge in [-0.1, -0.05) is 35.3 Å². The van der Waals surface area contributed by atoms with Crippen LogP contribution < -0.4 is 20.2 Å². The van der Waals surface area contributed by atoms with Crippen LogP contribution in [0.25, 0.3) is 0 Å². The standard InChI is InChI=1S/C19H19Cl2N3O4/c1-3-22-18(25)19(26)24-23-10-13-5-4-6-16(27-2)17(13)28-11-12-7-8-14(20)15(21)9-12/h4-10H,3,11H2,1-2H3,(H,22,25)(H,24,26)/b23-10-. The second-order valence-electron chi connectivity index (χ2n) is 5.47. The summed E-state index contributed by atoms with van der Waals surface area (Å²) in [6.45, 7) is 2.27. The fourth-order valence-corrected chi connectivity index (χ4v) is 2.51. The number of hydrogen-bond donors (Lipinski definition) is 2. The van der Waals surface area contributed by atoms with E-state index >= 15 is 0 Å². The van der Waals surface area contributed by atoms with Crippen molar-refractivity contribution in [2.45, 2.75) is 13.5 Å². The molecule has 0 atom stereocenters. The normalized spacial score (nSPS) is 10.6. The van der Waals surface area contributed by atoms with Crippen molar-refractivity contribution in [3.63, 3.8) is 0 Å². The molecule has 0 aliphatic heterocycles. The summed E-state index contributed by atoms with van der Waals surface area (Å²) in [6.07, 6.45) is 1.36. The molecule has 2 N–H and O–H groups in total. The molecule has 0 unspecified atom stereocenters. The maximum Gasteiger partial charge on any atom is 0.329 e. The van der Waals surface area contributed by atoms with Gasteiger partial charge in [-0.25, -0.2) is 5.43 Å². The van der Waals surface area contributed by atoms with Crippen molar-refractivity contribution in [3.8, 4) is 11.5 Å². The number of para-hydroxylation sites is 1. The highest BCUT2D eigenvalue weighted by molar-refractivity contribution is 6.42. The summed E-state index contributed by atoms with van der Waals surface area (Å²) in [5.74, 6) is -0.716. The van der Waals surface area contributed by atoms with Gasteiger partial charge in [-0.05, 0) is 36.8 Å². The molecule has 0 aromatic heterocycles. The summed E-state index contributed by atoms with van der Waals surface area (Å²) in [7, 11) is 1.51. The molecule has 0 radical (unpaired) electrons. The molecule has 0 spiro atoms. The van der Waals surface area contributed by atoms with Crippen LogP contribution in [-0.2, 0) is 16.2 Å². The number of hydrogen-bond acceptors (Lipinski definition) is 5. The van der Waals surface area contributed by atoms with Crippen LogP contribution >= 0.6 is 23.2 Å². The van der Waals surface area contributed by atoms with E-state index in [4.69, 9.17) is 32.7 Å². The average Bonchev–Trinajstić information content (AvgIpc) is 2.69. The van der Waals surface area contributed by atoms with Crippen molar-refractivity contribution in [2.24, 2.45) is 5.10 Å². The van der Waals surface area contributed by atoms with Crippen LogP contribution in [0.5, 0.6) is 11.5 Å². The Hall–Kier alpha value is -2.77. The molecule has 2 aromatic rings. The first-order valence-electron chi connectivity index (χ1n) is 8.31. The molecular formula is C19H19Cl2N3O4. The molecule has 7 nitrogen and oxygen atoms in total. The van der Waals surface area contributed by atoms with Crippen molar-refractivity contribution in [2.75, 3.05) is 13.7 Å². The second kappa shape index (κ2) is 10.5. The maximum atomic E-state index is 11.6. The molecule has 0 bridgehead atoms. The predicted molar refractivity (Wildman–Crippen MR) is 108 cm³/mol. The Morgan fingerprint density at radius 2 is 1.93 bits per heavy atom. The van der Waals surface area contributed by atoms with Gasteiger partial charge >= 0.3 is 11.8 Å². The Kier molecular flexibility index (Phi) is 8.10. The zero-order chi connectivity index (χ0) is 20.5. The van der Waals surface area contributed by atoms with Crippen LogP contribution in [0.15, 0.2) is 41.5 Å². The topological polar surface area (TPSA) is 89.0 Å². The molecule has 0 fully saturated rings. The molecule has 28 heavy (non-hydrogen) atoms. The van der Waals surface area contributed by atoms with Gasteiger partial charge in [0, 0.05) is 12.1 Å². The number of methoxy groups -OCH3 is 1. The third-order valence-corrected chi connectivity index (χ3v) is 4.25. The monoisotopic (exact) mass is 423 g/mol. The first-order valence-corrected chi connectivity index (χ1v) is 9.06. The third-order valence-electron chi connectivity index (χ3n) is 3.51. The van der Waals surface area contributed by atoms with E-state index in [0.717, 1.165) is 5.56 Å². The summed E-state index contributed by atoms with van der Waals surface area (Å²) in [6, 6.07) is 10.4. The van der Waals surface area contributed by atoms with E-state index in [0.29, 0.717) is 33.7 Å². The van der Waals surface area contributed by atoms with Crippen LogP contribution in [0, 0.1) is 0 Å². The maximum absolute atomic E-state index is 11.6. The van der Waals surface area contributed by atoms with E-state index in [2.05, 4.69) is 15.8 Å². The number of hydrazone groups is 1. The van der Waals surface area contributed by atoms with E-state index < -0.39 is 11.8 Å². The number of carbonyl (C=O) groups excluding carboxylic acids is 2. The Bertz CT molecular complexity index is 887. The fourth-order valence-electron chi connectivity index (χ4n) is 2.19. The Morgan fingerprint density at radius 1 is 1.14 bits per heavy atom. The van der Waals surface area contributed by atoms with Gasteiger partial charge in [0.1, 0.15) is 6.61 Å². The Balaban J connectivity index is 2.14. The van der Waals surface area contributed by atoms with Gasteiger partial charge in [0.15, 0.2) is 11.5 Å². The molecule has 2 amide bonds. The number of likely N-dealkylation sites (N-methyl/N-ethyl adjacent to an activating group) is 1. The lowest BCUT2D eigenvalue weighted by Gasteiger charge is -2.13. The van der Waals surface area contributed by atoms with E-state index in [1.165, 1.54) is 13.3 Å². The number of nitrogens with zero attached hydrogens (tertiary/aromatic N) is 1. The lowest BCUT2D eigenvalue weighted by Crippen LogP contribution is -2.37.